The van der Waals surface area contributed by atoms with Crippen LogP contribution in [0.25, 0.3) is 0 Å². The molecule has 0 aromatic carbocycles. The molecule has 6 heteroatoms. The molecule has 6 nitrogen and oxygen atoms in total. The van der Waals surface area contributed by atoms with Crippen LogP contribution in [0.4, 0.5) is 0 Å². The normalized spacial score (nSPS) is 12.7. The third kappa shape index (κ3) is 4.09. The number of aryl methyl sites for hydroxylation is 1. The minimum atomic E-state index is -0.811. The summed E-state index contributed by atoms with van der Waals surface area (Å²) in [6.45, 7) is -0.0520. The number of carbonyl (C=O) groups is 1. The van der Waals surface area contributed by atoms with Crippen molar-refractivity contribution < 1.29 is 15.0 Å². The molecule has 4 N–H and O–H groups in total. The molecule has 0 aliphatic carbocycles. The lowest BCUT2D eigenvalue weighted by molar-refractivity contribution is -0.118. The van der Waals surface area contributed by atoms with Crippen molar-refractivity contribution in [1.29, 1.82) is 0 Å². The summed E-state index contributed by atoms with van der Waals surface area (Å²) in [5.74, 6) is -0.361. The fraction of sp³-hybridized carbons (Fsp3) is 0.556. The first-order valence-corrected chi connectivity index (χ1v) is 4.71. The number of nitrogens with two attached hydrogens (primary N) is 1. The molecule has 0 radical (unpaired) electrons. The number of primary amides is 1. The third-order valence-corrected chi connectivity index (χ3v) is 1.93. The zero-order chi connectivity index (χ0) is 11.3. The number of carbonyl (C=O) groups excluding carboxylic acids is 1. The van der Waals surface area contributed by atoms with Crippen LogP contribution >= 0.6 is 0 Å². The van der Waals surface area contributed by atoms with E-state index in [0.29, 0.717) is 6.42 Å². The Morgan fingerprint density at radius 2 is 2.40 bits per heavy atom. The van der Waals surface area contributed by atoms with Crippen LogP contribution in [0.1, 0.15) is 12.1 Å². The Bertz CT molecular complexity index is 324. The van der Waals surface area contributed by atoms with E-state index >= 15 is 0 Å². The van der Waals surface area contributed by atoms with Crippen molar-refractivity contribution in [2.75, 3.05) is 6.61 Å². The first-order valence-electron chi connectivity index (χ1n) is 4.71. The highest BCUT2D eigenvalue weighted by Crippen LogP contribution is 2.00. The average molecular weight is 213 g/mol. The molecule has 0 spiro atoms. The minimum Gasteiger partial charge on any atom is -0.394 e. The van der Waals surface area contributed by atoms with Crippen LogP contribution < -0.4 is 5.73 Å². The van der Waals surface area contributed by atoms with E-state index in [4.69, 9.17) is 15.9 Å². The van der Waals surface area contributed by atoms with Gasteiger partial charge in [0.1, 0.15) is 0 Å². The van der Waals surface area contributed by atoms with Gasteiger partial charge in [0.25, 0.3) is 0 Å². The Hall–Kier alpha value is -1.40. The smallest absolute Gasteiger partial charge is 0.217 e. The van der Waals surface area contributed by atoms with E-state index < -0.39 is 6.10 Å². The predicted octanol–water partition coefficient (Wildman–Crippen LogP) is -1.35. The standard InChI is InChI=1S/C9H15N3O3/c10-9(15)2-1-7-3-4-12(11-7)5-8(14)6-13/h3-4,8,13-14H,1-2,5-6H2,(H2,10,15)/t8-/m0/s1. The Kier molecular flexibility index (Phi) is 4.26. The molecular weight excluding hydrogens is 198 g/mol. The van der Waals surface area contributed by atoms with Gasteiger partial charge in [-0.05, 0) is 6.07 Å². The largest absolute Gasteiger partial charge is 0.394 e. The zero-order valence-corrected chi connectivity index (χ0v) is 8.33. The molecule has 1 atom stereocenters. The SMILES string of the molecule is NC(=O)CCc1ccn(C[C@H](O)CO)n1. The van der Waals surface area contributed by atoms with Gasteiger partial charge in [-0.1, -0.05) is 0 Å². The molecule has 0 unspecified atom stereocenters. The van der Waals surface area contributed by atoms with Gasteiger partial charge in [-0.25, -0.2) is 0 Å². The number of hydrogen-bond donors (Lipinski definition) is 3. The van der Waals surface area contributed by atoms with Gasteiger partial charge < -0.3 is 15.9 Å². The van der Waals surface area contributed by atoms with Gasteiger partial charge in [-0.15, -0.1) is 0 Å². The summed E-state index contributed by atoms with van der Waals surface area (Å²) < 4.78 is 1.53. The minimum absolute atomic E-state index is 0.243. The fourth-order valence-corrected chi connectivity index (χ4v) is 1.16. The number of aliphatic hydroxyl groups excluding tert-OH is 2. The number of rotatable bonds is 6. The van der Waals surface area contributed by atoms with Crippen molar-refractivity contribution >= 4 is 5.91 Å². The second kappa shape index (κ2) is 5.47. The van der Waals surface area contributed by atoms with Crippen LogP contribution in [0.5, 0.6) is 0 Å². The first kappa shape index (κ1) is 11.7. The van der Waals surface area contributed by atoms with Gasteiger partial charge in [0, 0.05) is 19.0 Å². The number of hydrogen-bond acceptors (Lipinski definition) is 4. The zero-order valence-electron chi connectivity index (χ0n) is 8.33. The quantitative estimate of drug-likeness (QED) is 0.544. The summed E-state index contributed by atoms with van der Waals surface area (Å²) in [5, 5.41) is 21.9. The van der Waals surface area contributed by atoms with Crippen LogP contribution in [0.3, 0.4) is 0 Å². The summed E-state index contributed by atoms with van der Waals surface area (Å²) >= 11 is 0. The van der Waals surface area contributed by atoms with E-state index in [-0.39, 0.29) is 25.5 Å². The van der Waals surface area contributed by atoms with Gasteiger partial charge >= 0.3 is 0 Å². The van der Waals surface area contributed by atoms with Crippen molar-refractivity contribution in [2.24, 2.45) is 5.73 Å². The molecule has 0 fully saturated rings. The lowest BCUT2D eigenvalue weighted by Gasteiger charge is -2.06. The van der Waals surface area contributed by atoms with E-state index in [1.807, 2.05) is 0 Å². The Morgan fingerprint density at radius 1 is 1.67 bits per heavy atom. The maximum Gasteiger partial charge on any atom is 0.217 e. The van der Waals surface area contributed by atoms with Crippen LogP contribution in [-0.2, 0) is 17.8 Å². The lowest BCUT2D eigenvalue weighted by Crippen LogP contribution is -2.20. The number of amides is 1. The second-order valence-corrected chi connectivity index (χ2v) is 3.33. The highest BCUT2D eigenvalue weighted by molar-refractivity contribution is 5.73. The van der Waals surface area contributed by atoms with Crippen LogP contribution in [0, 0.1) is 0 Å². The molecular formula is C9H15N3O3. The molecule has 84 valence electrons. The van der Waals surface area contributed by atoms with Gasteiger partial charge in [0.15, 0.2) is 0 Å². The maximum absolute atomic E-state index is 10.5. The van der Waals surface area contributed by atoms with Crippen molar-refractivity contribution in [2.45, 2.75) is 25.5 Å². The average Bonchev–Trinajstić information content (AvgIpc) is 2.62. The van der Waals surface area contributed by atoms with Crippen molar-refractivity contribution in [3.8, 4) is 0 Å². The number of aliphatic hydroxyl groups is 2. The summed E-state index contributed by atoms with van der Waals surface area (Å²) in [5.41, 5.74) is 5.75. The first-order chi connectivity index (χ1) is 7.11. The topological polar surface area (TPSA) is 101 Å². The van der Waals surface area contributed by atoms with Crippen molar-refractivity contribution in [1.82, 2.24) is 9.78 Å². The molecule has 0 saturated heterocycles. The van der Waals surface area contributed by atoms with Crippen molar-refractivity contribution in [3.05, 3.63) is 18.0 Å². The molecule has 1 aromatic rings. The molecule has 1 amide bonds. The highest BCUT2D eigenvalue weighted by Gasteiger charge is 2.05. The predicted molar refractivity (Wildman–Crippen MR) is 52.8 cm³/mol. The molecule has 0 aliphatic rings. The second-order valence-electron chi connectivity index (χ2n) is 3.33. The lowest BCUT2D eigenvalue weighted by atomic mass is 10.2. The van der Waals surface area contributed by atoms with Gasteiger partial charge in [0.05, 0.1) is 24.9 Å². The molecule has 0 saturated carbocycles. The number of nitrogens with zero attached hydrogens (tertiary/aromatic N) is 2. The summed E-state index contributed by atoms with van der Waals surface area (Å²) in [4.78, 5) is 10.5. The van der Waals surface area contributed by atoms with Gasteiger partial charge in [-0.2, -0.15) is 5.10 Å². The van der Waals surface area contributed by atoms with Gasteiger partial charge in [-0.3, -0.25) is 9.48 Å². The van der Waals surface area contributed by atoms with E-state index in [9.17, 15) is 4.79 Å². The third-order valence-electron chi connectivity index (χ3n) is 1.93. The van der Waals surface area contributed by atoms with E-state index in [1.54, 1.807) is 12.3 Å². The number of aromatic nitrogens is 2. The molecule has 15 heavy (non-hydrogen) atoms. The van der Waals surface area contributed by atoms with Crippen LogP contribution in [0.2, 0.25) is 0 Å². The Morgan fingerprint density at radius 3 is 3.00 bits per heavy atom. The van der Waals surface area contributed by atoms with Crippen LogP contribution in [-0.4, -0.2) is 38.6 Å². The van der Waals surface area contributed by atoms with E-state index in [0.717, 1.165) is 5.69 Å². The fourth-order valence-electron chi connectivity index (χ4n) is 1.16. The van der Waals surface area contributed by atoms with Crippen LogP contribution in [0.15, 0.2) is 12.3 Å². The summed E-state index contributed by atoms with van der Waals surface area (Å²) in [6, 6.07) is 1.76. The molecule has 1 aromatic heterocycles. The van der Waals surface area contributed by atoms with Crippen molar-refractivity contribution in [3.63, 3.8) is 0 Å². The molecule has 1 heterocycles. The molecule has 0 aliphatic heterocycles. The van der Waals surface area contributed by atoms with E-state index in [1.165, 1.54) is 4.68 Å². The highest BCUT2D eigenvalue weighted by atomic mass is 16.3. The van der Waals surface area contributed by atoms with E-state index in [2.05, 4.69) is 5.10 Å². The van der Waals surface area contributed by atoms with Gasteiger partial charge in [0.2, 0.25) is 5.91 Å². The maximum atomic E-state index is 10.5. The Labute approximate surface area is 87.3 Å². The molecule has 1 rings (SSSR count). The summed E-state index contributed by atoms with van der Waals surface area (Å²) in [6.07, 6.45) is 1.64. The monoisotopic (exact) mass is 213 g/mol. The molecule has 0 bridgehead atoms. The summed E-state index contributed by atoms with van der Waals surface area (Å²) in [7, 11) is 0. The Balaban J connectivity index is 2.45.